The molecule has 0 amide bonds. The van der Waals surface area contributed by atoms with Gasteiger partial charge in [0.05, 0.1) is 0 Å². The van der Waals surface area contributed by atoms with Crippen LogP contribution in [0.15, 0.2) is 36.4 Å². The van der Waals surface area contributed by atoms with Crippen LogP contribution in [0, 0.1) is 30.9 Å². The second-order valence-electron chi connectivity index (χ2n) is 6.51. The normalized spacial score (nSPS) is 10.6. The number of aromatic nitrogens is 1. The number of amidine groups is 1. The summed E-state index contributed by atoms with van der Waals surface area (Å²) >= 11 is 0. The summed E-state index contributed by atoms with van der Waals surface area (Å²) in [7, 11) is 0. The Bertz CT molecular complexity index is 1210. The number of hydrogen-bond acceptors (Lipinski definition) is 6. The molecule has 2 aromatic carbocycles. The first kappa shape index (κ1) is 21.5. The van der Waals surface area contributed by atoms with Crippen molar-refractivity contribution in [3.63, 3.8) is 0 Å². The molecular formula is C21H17F2N3O5. The molecule has 0 atom stereocenters. The number of nitrogen functional groups attached to an aromatic ring is 1. The predicted octanol–water partition coefficient (Wildman–Crippen LogP) is 4.25. The quantitative estimate of drug-likeness (QED) is 0.339. The van der Waals surface area contributed by atoms with Gasteiger partial charge in [0.15, 0.2) is 11.6 Å². The predicted molar refractivity (Wildman–Crippen MR) is 106 cm³/mol. The van der Waals surface area contributed by atoms with Gasteiger partial charge in [0, 0.05) is 16.7 Å². The summed E-state index contributed by atoms with van der Waals surface area (Å²) in [4.78, 5) is 15.1. The molecular weight excluding hydrogens is 412 g/mol. The summed E-state index contributed by atoms with van der Waals surface area (Å²) in [6.07, 6.45) is 0. The second kappa shape index (κ2) is 8.27. The number of rotatable bonds is 6. The zero-order valence-electron chi connectivity index (χ0n) is 16.4. The maximum Gasteiger partial charge on any atom is 0.339 e. The number of hydrogen-bond donors (Lipinski definition) is 4. The molecule has 5 N–H and O–H groups in total. The number of nitrogens with one attached hydrogen (secondary N) is 1. The molecule has 0 saturated carbocycles. The first-order valence-electron chi connectivity index (χ1n) is 8.81. The number of halogens is 2. The van der Waals surface area contributed by atoms with Crippen molar-refractivity contribution in [3.05, 3.63) is 70.3 Å². The first-order chi connectivity index (χ1) is 14.6. The van der Waals surface area contributed by atoms with Crippen LogP contribution in [-0.2, 0) is 0 Å². The van der Waals surface area contributed by atoms with E-state index in [1.807, 2.05) is 0 Å². The van der Waals surface area contributed by atoms with Gasteiger partial charge in [-0.2, -0.15) is 4.98 Å². The van der Waals surface area contributed by atoms with Gasteiger partial charge in [-0.05, 0) is 38.1 Å². The summed E-state index contributed by atoms with van der Waals surface area (Å²) in [6, 6.07) is 8.24. The molecule has 0 unspecified atom stereocenters. The smallest absolute Gasteiger partial charge is 0.339 e. The first-order valence-corrected chi connectivity index (χ1v) is 8.81. The minimum absolute atomic E-state index is 0.0207. The Morgan fingerprint density at radius 2 is 1.71 bits per heavy atom. The Balaban J connectivity index is 2.03. The Kier molecular flexibility index (Phi) is 5.73. The highest BCUT2D eigenvalue weighted by Gasteiger charge is 2.23. The number of benzene rings is 2. The molecule has 0 saturated heterocycles. The standard InChI is InChI=1S/C21H17F2N3O5/c1-9-14(7-6-13(27)15(9)21(28)29)31-20-17(23)10(2)16(22)19(26-20)30-12-5-3-4-11(8-12)18(24)25/h3-8,27H,1-2H3,(H3,24,25)(H,28,29). The molecule has 8 nitrogen and oxygen atoms in total. The van der Waals surface area contributed by atoms with Crippen LogP contribution in [-0.4, -0.2) is 27.0 Å². The van der Waals surface area contributed by atoms with E-state index in [9.17, 15) is 23.8 Å². The van der Waals surface area contributed by atoms with Crippen LogP contribution in [0.2, 0.25) is 0 Å². The van der Waals surface area contributed by atoms with Crippen LogP contribution in [0.25, 0.3) is 0 Å². The Morgan fingerprint density at radius 3 is 2.32 bits per heavy atom. The third kappa shape index (κ3) is 4.22. The van der Waals surface area contributed by atoms with Gasteiger partial charge in [-0.3, -0.25) is 5.41 Å². The van der Waals surface area contributed by atoms with E-state index in [0.717, 1.165) is 13.0 Å². The lowest BCUT2D eigenvalue weighted by molar-refractivity contribution is 0.0692. The summed E-state index contributed by atoms with van der Waals surface area (Å²) < 4.78 is 40.0. The van der Waals surface area contributed by atoms with Crippen LogP contribution >= 0.6 is 0 Å². The minimum atomic E-state index is -1.40. The van der Waals surface area contributed by atoms with Gasteiger partial charge in [0.2, 0.25) is 0 Å². The largest absolute Gasteiger partial charge is 0.507 e. The molecule has 31 heavy (non-hydrogen) atoms. The van der Waals surface area contributed by atoms with Crippen molar-refractivity contribution >= 4 is 11.8 Å². The summed E-state index contributed by atoms with van der Waals surface area (Å²) in [5, 5.41) is 26.4. The van der Waals surface area contributed by atoms with E-state index in [-0.39, 0.29) is 22.9 Å². The Hall–Kier alpha value is -4.21. The maximum absolute atomic E-state index is 14.6. The third-order valence-corrected chi connectivity index (χ3v) is 4.41. The van der Waals surface area contributed by atoms with Gasteiger partial charge in [-0.15, -0.1) is 0 Å². The fraction of sp³-hybridized carbons (Fsp3) is 0.0952. The lowest BCUT2D eigenvalue weighted by Gasteiger charge is -2.14. The molecule has 10 heteroatoms. The van der Waals surface area contributed by atoms with Gasteiger partial charge in [-0.1, -0.05) is 12.1 Å². The molecule has 0 aliphatic heterocycles. The van der Waals surface area contributed by atoms with Crippen molar-refractivity contribution in [2.24, 2.45) is 5.73 Å². The van der Waals surface area contributed by atoms with Crippen LogP contribution in [0.3, 0.4) is 0 Å². The topological polar surface area (TPSA) is 139 Å². The van der Waals surface area contributed by atoms with Crippen LogP contribution in [0.4, 0.5) is 8.78 Å². The van der Waals surface area contributed by atoms with E-state index >= 15 is 0 Å². The lowest BCUT2D eigenvalue weighted by atomic mass is 10.1. The van der Waals surface area contributed by atoms with E-state index in [0.29, 0.717) is 5.56 Å². The number of pyridine rings is 1. The van der Waals surface area contributed by atoms with E-state index in [1.54, 1.807) is 6.07 Å². The number of nitrogens with zero attached hydrogens (tertiary/aromatic N) is 1. The van der Waals surface area contributed by atoms with E-state index < -0.39 is 46.2 Å². The second-order valence-corrected chi connectivity index (χ2v) is 6.51. The SMILES string of the molecule is Cc1c(F)c(Oc2cccc(C(=N)N)c2)nc(Oc2ccc(O)c(C(=O)O)c2C)c1F. The van der Waals surface area contributed by atoms with Crippen molar-refractivity contribution in [3.8, 4) is 29.0 Å². The minimum Gasteiger partial charge on any atom is -0.507 e. The highest BCUT2D eigenvalue weighted by Crippen LogP contribution is 2.36. The number of carbonyl (C=O) groups is 1. The highest BCUT2D eigenvalue weighted by molar-refractivity contribution is 5.95. The van der Waals surface area contributed by atoms with Gasteiger partial charge < -0.3 is 25.4 Å². The number of phenols is 1. The molecule has 0 aliphatic carbocycles. The third-order valence-electron chi connectivity index (χ3n) is 4.41. The van der Waals surface area contributed by atoms with Crippen LogP contribution < -0.4 is 15.2 Å². The number of aromatic hydroxyl groups is 1. The summed E-state index contributed by atoms with van der Waals surface area (Å²) in [5.74, 6) is -5.53. The zero-order chi connectivity index (χ0) is 22.9. The van der Waals surface area contributed by atoms with Gasteiger partial charge >= 0.3 is 5.97 Å². The van der Waals surface area contributed by atoms with Crippen molar-refractivity contribution < 1.29 is 33.3 Å². The molecule has 0 radical (unpaired) electrons. The Labute approximate surface area is 175 Å². The fourth-order valence-electron chi connectivity index (χ4n) is 2.74. The van der Waals surface area contributed by atoms with Crippen molar-refractivity contribution in [2.75, 3.05) is 0 Å². The van der Waals surface area contributed by atoms with Crippen molar-refractivity contribution in [1.29, 1.82) is 5.41 Å². The number of carboxylic acid groups (broad SMARTS) is 1. The summed E-state index contributed by atoms with van der Waals surface area (Å²) in [6.45, 7) is 2.52. The molecule has 0 bridgehead atoms. The molecule has 0 aliphatic rings. The van der Waals surface area contributed by atoms with Gasteiger partial charge in [0.1, 0.15) is 28.6 Å². The molecule has 3 aromatic rings. The highest BCUT2D eigenvalue weighted by atomic mass is 19.1. The summed E-state index contributed by atoms with van der Waals surface area (Å²) in [5.41, 5.74) is 4.92. The average Bonchev–Trinajstić information content (AvgIpc) is 2.71. The molecule has 1 heterocycles. The van der Waals surface area contributed by atoms with Crippen LogP contribution in [0.5, 0.6) is 29.0 Å². The number of carboxylic acids is 1. The number of aromatic carboxylic acids is 1. The Morgan fingerprint density at radius 1 is 1.06 bits per heavy atom. The van der Waals surface area contributed by atoms with Crippen molar-refractivity contribution in [2.45, 2.75) is 13.8 Å². The van der Waals surface area contributed by atoms with E-state index in [2.05, 4.69) is 4.98 Å². The molecule has 160 valence electrons. The van der Waals surface area contributed by atoms with Gasteiger partial charge in [0.25, 0.3) is 11.8 Å². The zero-order valence-corrected chi connectivity index (χ0v) is 16.4. The number of ether oxygens (including phenoxy) is 2. The average molecular weight is 429 g/mol. The van der Waals surface area contributed by atoms with Gasteiger partial charge in [-0.25, -0.2) is 13.6 Å². The molecule has 1 aromatic heterocycles. The fourth-order valence-corrected chi connectivity index (χ4v) is 2.74. The molecule has 0 fully saturated rings. The lowest BCUT2D eigenvalue weighted by Crippen LogP contribution is -2.10. The van der Waals surface area contributed by atoms with Crippen LogP contribution in [0.1, 0.15) is 27.0 Å². The van der Waals surface area contributed by atoms with E-state index in [4.69, 9.17) is 20.6 Å². The monoisotopic (exact) mass is 429 g/mol. The molecule has 3 rings (SSSR count). The molecule has 0 spiro atoms. The van der Waals surface area contributed by atoms with E-state index in [1.165, 1.54) is 31.2 Å². The number of nitrogens with two attached hydrogens (primary N) is 1. The van der Waals surface area contributed by atoms with Crippen molar-refractivity contribution in [1.82, 2.24) is 4.98 Å². The maximum atomic E-state index is 14.6.